The summed E-state index contributed by atoms with van der Waals surface area (Å²) in [5, 5.41) is 0. The summed E-state index contributed by atoms with van der Waals surface area (Å²) in [7, 11) is 0. The maximum absolute atomic E-state index is 14.4. The second-order valence-electron chi connectivity index (χ2n) is 10.5. The van der Waals surface area contributed by atoms with Crippen molar-refractivity contribution in [1.82, 2.24) is 9.80 Å². The average Bonchev–Trinajstić information content (AvgIpc) is 2.88. The summed E-state index contributed by atoms with van der Waals surface area (Å²) in [5.41, 5.74) is 2.08. The Kier molecular flexibility index (Phi) is 7.19. The van der Waals surface area contributed by atoms with Gasteiger partial charge in [-0.05, 0) is 106 Å². The van der Waals surface area contributed by atoms with Gasteiger partial charge in [0, 0.05) is 25.2 Å². The number of nitrogens with zero attached hydrogens (tertiary/aromatic N) is 2. The normalized spacial score (nSPS) is 21.1. The molecule has 4 nitrogen and oxygen atoms in total. The summed E-state index contributed by atoms with van der Waals surface area (Å²) < 4.78 is 20.4. The predicted octanol–water partition coefficient (Wildman–Crippen LogP) is 5.96. The third-order valence-electron chi connectivity index (χ3n) is 7.91. The number of carbonyl (C=O) groups is 1. The molecule has 1 aliphatic carbocycles. The van der Waals surface area contributed by atoms with Gasteiger partial charge in [0.25, 0.3) is 5.91 Å². The zero-order valence-corrected chi connectivity index (χ0v) is 20.2. The Bertz CT molecular complexity index is 941. The van der Waals surface area contributed by atoms with E-state index in [1.165, 1.54) is 6.42 Å². The molecule has 182 valence electrons. The molecule has 1 saturated carbocycles. The quantitative estimate of drug-likeness (QED) is 0.507. The van der Waals surface area contributed by atoms with E-state index in [4.69, 9.17) is 4.74 Å². The summed E-state index contributed by atoms with van der Waals surface area (Å²) in [6.45, 7) is 5.05. The molecule has 5 rings (SSSR count). The Balaban J connectivity index is 1.08. The van der Waals surface area contributed by atoms with Gasteiger partial charge in [-0.1, -0.05) is 24.3 Å². The Morgan fingerprint density at radius 3 is 2.06 bits per heavy atom. The van der Waals surface area contributed by atoms with Crippen LogP contribution >= 0.6 is 0 Å². The molecule has 3 aliphatic rings. The van der Waals surface area contributed by atoms with Crippen molar-refractivity contribution >= 4 is 5.91 Å². The first-order valence-corrected chi connectivity index (χ1v) is 13.1. The summed E-state index contributed by atoms with van der Waals surface area (Å²) in [4.78, 5) is 17.0. The number of piperidine rings is 2. The fourth-order valence-corrected chi connectivity index (χ4v) is 5.47. The van der Waals surface area contributed by atoms with Gasteiger partial charge >= 0.3 is 0 Å². The molecule has 0 aromatic heterocycles. The second kappa shape index (κ2) is 10.5. The molecule has 3 fully saturated rings. The number of hydrogen-bond donors (Lipinski definition) is 0. The van der Waals surface area contributed by atoms with Crippen LogP contribution in [0.15, 0.2) is 48.5 Å². The molecule has 0 atom stereocenters. The smallest absolute Gasteiger partial charge is 0.253 e. The molecule has 2 saturated heterocycles. The van der Waals surface area contributed by atoms with E-state index in [1.54, 1.807) is 0 Å². The molecule has 1 amide bonds. The fourth-order valence-electron chi connectivity index (χ4n) is 5.47. The molecule has 2 aliphatic heterocycles. The predicted molar refractivity (Wildman–Crippen MR) is 134 cm³/mol. The van der Waals surface area contributed by atoms with E-state index in [0.717, 1.165) is 100 Å². The van der Waals surface area contributed by atoms with Crippen LogP contribution in [0, 0.1) is 5.92 Å². The van der Waals surface area contributed by atoms with E-state index in [2.05, 4.69) is 17.0 Å². The zero-order valence-electron chi connectivity index (χ0n) is 20.2. The van der Waals surface area contributed by atoms with Gasteiger partial charge in [-0.25, -0.2) is 4.39 Å². The minimum Gasteiger partial charge on any atom is -0.493 e. The minimum atomic E-state index is -0.908. The lowest BCUT2D eigenvalue weighted by Gasteiger charge is -2.41. The number of alkyl halides is 1. The fraction of sp³-hybridized carbons (Fsp3) is 0.552. The molecule has 34 heavy (non-hydrogen) atoms. The van der Waals surface area contributed by atoms with Crippen molar-refractivity contribution in [3.05, 3.63) is 54.1 Å². The molecular weight excluding hydrogens is 427 g/mol. The largest absolute Gasteiger partial charge is 0.493 e. The molecule has 0 bridgehead atoms. The number of benzene rings is 2. The molecule has 2 aromatic rings. The number of ether oxygens (including phenoxy) is 1. The van der Waals surface area contributed by atoms with Crippen LogP contribution in [0.5, 0.6) is 5.75 Å². The molecular formula is C29H37FN2O2. The summed E-state index contributed by atoms with van der Waals surface area (Å²) in [6, 6.07) is 16.2. The van der Waals surface area contributed by atoms with Gasteiger partial charge in [0.15, 0.2) is 0 Å². The molecule has 0 N–H and O–H groups in total. The van der Waals surface area contributed by atoms with Gasteiger partial charge in [0.05, 0.1) is 6.61 Å². The molecule has 0 spiro atoms. The number of hydrogen-bond acceptors (Lipinski definition) is 3. The van der Waals surface area contributed by atoms with Crippen LogP contribution in [0.4, 0.5) is 4.39 Å². The molecule has 2 aromatic carbocycles. The third kappa shape index (κ3) is 5.63. The first kappa shape index (κ1) is 23.3. The monoisotopic (exact) mass is 464 g/mol. The highest BCUT2D eigenvalue weighted by Gasteiger charge is 2.39. The van der Waals surface area contributed by atoms with Crippen molar-refractivity contribution < 1.29 is 13.9 Å². The maximum atomic E-state index is 14.4. The van der Waals surface area contributed by atoms with Crippen molar-refractivity contribution in [3.63, 3.8) is 0 Å². The number of amides is 1. The Morgan fingerprint density at radius 2 is 1.47 bits per heavy atom. The Morgan fingerprint density at radius 1 is 0.853 bits per heavy atom. The molecule has 5 heteroatoms. The van der Waals surface area contributed by atoms with Crippen molar-refractivity contribution in [3.8, 4) is 16.9 Å². The first-order chi connectivity index (χ1) is 16.6. The molecule has 2 heterocycles. The van der Waals surface area contributed by atoms with Gasteiger partial charge < -0.3 is 14.5 Å². The van der Waals surface area contributed by atoms with Crippen LogP contribution < -0.4 is 4.74 Å². The standard InChI is InChI=1S/C29H37FN2O2/c30-29(15-4-16-29)22-31-19-13-23(14-20-31)21-34-27-11-9-25(10-12-27)24-5-7-26(8-6-24)28(33)32-17-2-1-3-18-32/h5-12,23H,1-4,13-22H2. The van der Waals surface area contributed by atoms with Crippen LogP contribution in [0.25, 0.3) is 11.1 Å². The lowest BCUT2D eigenvalue weighted by molar-refractivity contribution is 0.00740. The number of halogens is 1. The number of rotatable bonds is 7. The summed E-state index contributed by atoms with van der Waals surface area (Å²) in [6.07, 6.45) is 8.13. The average molecular weight is 465 g/mol. The van der Waals surface area contributed by atoms with Crippen LogP contribution in [0.2, 0.25) is 0 Å². The van der Waals surface area contributed by atoms with Crippen molar-refractivity contribution in [1.29, 1.82) is 0 Å². The van der Waals surface area contributed by atoms with E-state index < -0.39 is 5.67 Å². The third-order valence-corrected chi connectivity index (χ3v) is 7.91. The zero-order chi connectivity index (χ0) is 23.4. The Labute approximate surface area is 203 Å². The van der Waals surface area contributed by atoms with Crippen molar-refractivity contribution in [2.45, 2.75) is 57.0 Å². The number of likely N-dealkylation sites (tertiary alicyclic amines) is 2. The lowest BCUT2D eigenvalue weighted by Crippen LogP contribution is -2.47. The molecule has 0 radical (unpaired) electrons. The van der Waals surface area contributed by atoms with Crippen LogP contribution in [0.1, 0.15) is 61.7 Å². The van der Waals surface area contributed by atoms with E-state index in [0.29, 0.717) is 12.5 Å². The van der Waals surface area contributed by atoms with Gasteiger partial charge in [0.1, 0.15) is 11.4 Å². The Hall–Kier alpha value is -2.40. The highest BCUT2D eigenvalue weighted by atomic mass is 19.1. The van der Waals surface area contributed by atoms with Gasteiger partial charge in [-0.3, -0.25) is 4.79 Å². The number of carbonyl (C=O) groups excluding carboxylic acids is 1. The first-order valence-electron chi connectivity index (χ1n) is 13.1. The maximum Gasteiger partial charge on any atom is 0.253 e. The molecule has 0 unspecified atom stereocenters. The van der Waals surface area contributed by atoms with Gasteiger partial charge in [-0.15, -0.1) is 0 Å². The summed E-state index contributed by atoms with van der Waals surface area (Å²) in [5.74, 6) is 1.58. The van der Waals surface area contributed by atoms with Crippen molar-refractivity contribution in [2.24, 2.45) is 5.92 Å². The minimum absolute atomic E-state index is 0.146. The SMILES string of the molecule is O=C(c1ccc(-c2ccc(OCC3CCN(CC4(F)CCC4)CC3)cc2)cc1)N1CCCCC1. The van der Waals surface area contributed by atoms with Gasteiger partial charge in [0.2, 0.25) is 0 Å². The summed E-state index contributed by atoms with van der Waals surface area (Å²) >= 11 is 0. The van der Waals surface area contributed by atoms with Gasteiger partial charge in [-0.2, -0.15) is 0 Å². The van der Waals surface area contributed by atoms with E-state index in [1.807, 2.05) is 41.3 Å². The second-order valence-corrected chi connectivity index (χ2v) is 10.5. The van der Waals surface area contributed by atoms with Crippen molar-refractivity contribution in [2.75, 3.05) is 39.3 Å². The van der Waals surface area contributed by atoms with Crippen LogP contribution in [0.3, 0.4) is 0 Å². The lowest BCUT2D eigenvalue weighted by atomic mass is 9.81. The highest BCUT2D eigenvalue weighted by molar-refractivity contribution is 5.94. The van der Waals surface area contributed by atoms with E-state index in [9.17, 15) is 9.18 Å². The topological polar surface area (TPSA) is 32.8 Å². The van der Waals surface area contributed by atoms with Crippen LogP contribution in [-0.2, 0) is 0 Å². The highest BCUT2D eigenvalue weighted by Crippen LogP contribution is 2.37. The van der Waals surface area contributed by atoms with Crippen LogP contribution in [-0.4, -0.2) is 60.7 Å². The van der Waals surface area contributed by atoms with E-state index in [-0.39, 0.29) is 5.91 Å². The van der Waals surface area contributed by atoms with E-state index >= 15 is 0 Å².